The molecule has 0 radical (unpaired) electrons. The van der Waals surface area contributed by atoms with E-state index in [1.54, 1.807) is 6.07 Å². The molecule has 1 heterocycles. The van der Waals surface area contributed by atoms with Crippen molar-refractivity contribution in [2.75, 3.05) is 17.2 Å². The van der Waals surface area contributed by atoms with E-state index in [4.69, 9.17) is 5.11 Å². The molecule has 0 bridgehead atoms. The van der Waals surface area contributed by atoms with E-state index >= 15 is 0 Å². The fourth-order valence-corrected chi connectivity index (χ4v) is 1.53. The van der Waals surface area contributed by atoms with Crippen molar-refractivity contribution in [3.05, 3.63) is 12.4 Å². The van der Waals surface area contributed by atoms with E-state index in [0.717, 1.165) is 12.4 Å². The maximum Gasteiger partial charge on any atom is 0.308 e. The molecule has 2 unspecified atom stereocenters. The van der Waals surface area contributed by atoms with Crippen molar-refractivity contribution in [2.45, 2.75) is 19.4 Å². The number of anilines is 2. The molecule has 0 aliphatic heterocycles. The van der Waals surface area contributed by atoms with E-state index in [1.165, 1.54) is 6.33 Å². The third kappa shape index (κ3) is 2.39. The summed E-state index contributed by atoms with van der Waals surface area (Å²) in [6.45, 7) is 2.77. The van der Waals surface area contributed by atoms with Crippen LogP contribution in [-0.2, 0) is 4.79 Å². The summed E-state index contributed by atoms with van der Waals surface area (Å²) >= 11 is 0. The second kappa shape index (κ2) is 4.34. The van der Waals surface area contributed by atoms with E-state index in [-0.39, 0.29) is 12.0 Å². The number of carbonyl (C=O) groups is 1. The Bertz CT molecular complexity index is 396. The molecular weight excluding hydrogens is 208 g/mol. The number of aliphatic carboxylic acids is 1. The molecule has 3 N–H and O–H groups in total. The van der Waals surface area contributed by atoms with Crippen molar-refractivity contribution in [1.29, 1.82) is 0 Å². The van der Waals surface area contributed by atoms with Gasteiger partial charge in [0, 0.05) is 18.7 Å². The molecule has 86 valence electrons. The number of hydrogen-bond acceptors (Lipinski definition) is 5. The van der Waals surface area contributed by atoms with Crippen LogP contribution in [0.1, 0.15) is 13.3 Å². The van der Waals surface area contributed by atoms with Crippen molar-refractivity contribution in [3.8, 4) is 0 Å². The minimum atomic E-state index is -0.751. The van der Waals surface area contributed by atoms with Gasteiger partial charge in [0.15, 0.2) is 0 Å². The zero-order chi connectivity index (χ0) is 11.5. The minimum Gasteiger partial charge on any atom is -0.481 e. The number of hydrogen-bond donors (Lipinski definition) is 3. The molecule has 1 aliphatic rings. The van der Waals surface area contributed by atoms with Gasteiger partial charge < -0.3 is 15.7 Å². The SMILES string of the molecule is CCNc1cc(NC2CC2C(=O)O)ncn1. The number of nitrogens with zero attached hydrogens (tertiary/aromatic N) is 2. The second-order valence-electron chi connectivity index (χ2n) is 3.75. The average molecular weight is 222 g/mol. The molecule has 0 spiro atoms. The molecular formula is C10H14N4O2. The largest absolute Gasteiger partial charge is 0.481 e. The number of nitrogens with one attached hydrogen (secondary N) is 2. The third-order valence-corrected chi connectivity index (χ3v) is 2.47. The first kappa shape index (κ1) is 10.7. The van der Waals surface area contributed by atoms with Gasteiger partial charge in [-0.2, -0.15) is 0 Å². The molecule has 0 amide bonds. The molecule has 6 nitrogen and oxygen atoms in total. The Morgan fingerprint density at radius 1 is 1.56 bits per heavy atom. The predicted octanol–water partition coefficient (Wildman–Crippen LogP) is 0.793. The summed E-state index contributed by atoms with van der Waals surface area (Å²) in [7, 11) is 0. The first-order valence-corrected chi connectivity index (χ1v) is 5.26. The van der Waals surface area contributed by atoms with Gasteiger partial charge in [-0.25, -0.2) is 9.97 Å². The summed E-state index contributed by atoms with van der Waals surface area (Å²) < 4.78 is 0. The molecule has 1 aromatic rings. The van der Waals surface area contributed by atoms with Gasteiger partial charge in [-0.1, -0.05) is 0 Å². The lowest BCUT2D eigenvalue weighted by molar-refractivity contribution is -0.138. The van der Waals surface area contributed by atoms with E-state index in [1.807, 2.05) is 6.92 Å². The average Bonchev–Trinajstić information content (AvgIpc) is 2.98. The summed E-state index contributed by atoms with van der Waals surface area (Å²) in [5, 5.41) is 14.9. The molecule has 16 heavy (non-hydrogen) atoms. The fraction of sp³-hybridized carbons (Fsp3) is 0.500. The highest BCUT2D eigenvalue weighted by atomic mass is 16.4. The van der Waals surface area contributed by atoms with Gasteiger partial charge in [0.2, 0.25) is 0 Å². The fourth-order valence-electron chi connectivity index (χ4n) is 1.53. The van der Waals surface area contributed by atoms with E-state index in [9.17, 15) is 4.79 Å². The van der Waals surface area contributed by atoms with E-state index < -0.39 is 5.97 Å². The quantitative estimate of drug-likeness (QED) is 0.683. The molecule has 1 aliphatic carbocycles. The van der Waals surface area contributed by atoms with Gasteiger partial charge in [-0.05, 0) is 13.3 Å². The Balaban J connectivity index is 1.95. The molecule has 2 rings (SSSR count). The normalized spacial score (nSPS) is 22.6. The molecule has 1 fully saturated rings. The van der Waals surface area contributed by atoms with Crippen molar-refractivity contribution in [3.63, 3.8) is 0 Å². The number of rotatable bonds is 5. The van der Waals surface area contributed by atoms with Crippen LogP contribution in [0.5, 0.6) is 0 Å². The lowest BCUT2D eigenvalue weighted by Crippen LogP contribution is -2.11. The maximum absolute atomic E-state index is 10.6. The van der Waals surface area contributed by atoms with Crippen molar-refractivity contribution >= 4 is 17.6 Å². The zero-order valence-corrected chi connectivity index (χ0v) is 8.97. The van der Waals surface area contributed by atoms with Gasteiger partial charge in [-0.3, -0.25) is 4.79 Å². The summed E-state index contributed by atoms with van der Waals surface area (Å²) in [6, 6.07) is 1.78. The highest BCUT2D eigenvalue weighted by Crippen LogP contribution is 2.33. The lowest BCUT2D eigenvalue weighted by atomic mass is 10.4. The second-order valence-corrected chi connectivity index (χ2v) is 3.75. The van der Waals surface area contributed by atoms with Crippen molar-refractivity contribution in [2.24, 2.45) is 5.92 Å². The van der Waals surface area contributed by atoms with Gasteiger partial charge in [0.25, 0.3) is 0 Å². The first-order valence-electron chi connectivity index (χ1n) is 5.26. The van der Waals surface area contributed by atoms with E-state index in [2.05, 4.69) is 20.6 Å². The maximum atomic E-state index is 10.6. The number of aromatic nitrogens is 2. The minimum absolute atomic E-state index is 0.00174. The Morgan fingerprint density at radius 2 is 2.31 bits per heavy atom. The lowest BCUT2D eigenvalue weighted by Gasteiger charge is -2.06. The van der Waals surface area contributed by atoms with Crippen LogP contribution >= 0.6 is 0 Å². The van der Waals surface area contributed by atoms with Gasteiger partial charge in [-0.15, -0.1) is 0 Å². The predicted molar refractivity (Wildman–Crippen MR) is 59.3 cm³/mol. The van der Waals surface area contributed by atoms with Gasteiger partial charge in [0.1, 0.15) is 18.0 Å². The van der Waals surface area contributed by atoms with Crippen LogP contribution < -0.4 is 10.6 Å². The van der Waals surface area contributed by atoms with Crippen molar-refractivity contribution < 1.29 is 9.90 Å². The van der Waals surface area contributed by atoms with Crippen LogP contribution in [0.15, 0.2) is 12.4 Å². The summed E-state index contributed by atoms with van der Waals surface area (Å²) in [5.41, 5.74) is 0. The molecule has 0 aromatic carbocycles. The molecule has 1 saturated carbocycles. The van der Waals surface area contributed by atoms with Crippen LogP contribution in [0.4, 0.5) is 11.6 Å². The zero-order valence-electron chi connectivity index (χ0n) is 8.97. The van der Waals surface area contributed by atoms with Crippen LogP contribution in [0.2, 0.25) is 0 Å². The molecule has 2 atom stereocenters. The smallest absolute Gasteiger partial charge is 0.308 e. The first-order chi connectivity index (χ1) is 7.70. The van der Waals surface area contributed by atoms with Crippen LogP contribution in [0.25, 0.3) is 0 Å². The topological polar surface area (TPSA) is 87.1 Å². The van der Waals surface area contributed by atoms with Crippen LogP contribution in [0.3, 0.4) is 0 Å². The molecule has 6 heteroatoms. The van der Waals surface area contributed by atoms with Crippen molar-refractivity contribution in [1.82, 2.24) is 9.97 Å². The molecule has 0 saturated heterocycles. The summed E-state index contributed by atoms with van der Waals surface area (Å²) in [6.07, 6.45) is 2.12. The van der Waals surface area contributed by atoms with Gasteiger partial charge >= 0.3 is 5.97 Å². The number of carboxylic acid groups (broad SMARTS) is 1. The third-order valence-electron chi connectivity index (χ3n) is 2.47. The summed E-state index contributed by atoms with van der Waals surface area (Å²) in [4.78, 5) is 18.7. The number of carboxylic acids is 1. The Hall–Kier alpha value is -1.85. The summed E-state index contributed by atoms with van der Waals surface area (Å²) in [5.74, 6) is 0.378. The highest BCUT2D eigenvalue weighted by molar-refractivity contribution is 5.75. The molecule has 1 aromatic heterocycles. The van der Waals surface area contributed by atoms with Gasteiger partial charge in [0.05, 0.1) is 5.92 Å². The van der Waals surface area contributed by atoms with Crippen LogP contribution in [0, 0.1) is 5.92 Å². The Morgan fingerprint density at radius 3 is 2.94 bits per heavy atom. The Kier molecular flexibility index (Phi) is 2.89. The van der Waals surface area contributed by atoms with E-state index in [0.29, 0.717) is 12.2 Å². The standard InChI is InChI=1S/C10H14N4O2/c1-2-11-8-4-9(13-5-12-8)14-7-3-6(7)10(15)16/h4-7H,2-3H2,1H3,(H,15,16)(H2,11,12,13,14). The monoisotopic (exact) mass is 222 g/mol. The van der Waals surface area contributed by atoms with Crippen LogP contribution in [-0.4, -0.2) is 33.6 Å². The highest BCUT2D eigenvalue weighted by Gasteiger charge is 2.43. The Labute approximate surface area is 93.1 Å².